The predicted molar refractivity (Wildman–Crippen MR) is 75.2 cm³/mol. The van der Waals surface area contributed by atoms with Crippen LogP contribution in [-0.4, -0.2) is 32.9 Å². The lowest BCUT2D eigenvalue weighted by atomic mass is 10.2. The second-order valence-electron chi connectivity index (χ2n) is 4.15. The van der Waals surface area contributed by atoms with Gasteiger partial charge in [0.15, 0.2) is 0 Å². The second-order valence-corrected chi connectivity index (χ2v) is 5.18. The molecule has 0 amide bonds. The standard InChI is InChI=1S/C13H14N2O3S/c1-3-9(13(17)18)14-7(2)12-15-10-5-4-8(16)6-11(10)19-12/h4-6,9,16H,3H2,1-2H3,(H,17,18)/b14-7+. The minimum absolute atomic E-state index is 0.189. The fourth-order valence-corrected chi connectivity index (χ4v) is 2.63. The summed E-state index contributed by atoms with van der Waals surface area (Å²) < 4.78 is 0.855. The highest BCUT2D eigenvalue weighted by Crippen LogP contribution is 2.26. The molecule has 0 spiro atoms. The van der Waals surface area contributed by atoms with Crippen molar-refractivity contribution in [1.82, 2.24) is 4.98 Å². The van der Waals surface area contributed by atoms with Gasteiger partial charge in [-0.15, -0.1) is 11.3 Å². The van der Waals surface area contributed by atoms with Crippen molar-refractivity contribution >= 4 is 33.2 Å². The van der Waals surface area contributed by atoms with Crippen molar-refractivity contribution in [2.75, 3.05) is 0 Å². The van der Waals surface area contributed by atoms with Crippen LogP contribution in [0.4, 0.5) is 0 Å². The van der Waals surface area contributed by atoms with Gasteiger partial charge in [0.1, 0.15) is 16.8 Å². The number of rotatable bonds is 4. The van der Waals surface area contributed by atoms with E-state index in [1.807, 2.05) is 0 Å². The lowest BCUT2D eigenvalue weighted by Gasteiger charge is -2.04. The number of carboxylic acid groups (broad SMARTS) is 1. The van der Waals surface area contributed by atoms with Gasteiger partial charge in [0.25, 0.3) is 0 Å². The molecule has 0 bridgehead atoms. The van der Waals surface area contributed by atoms with Crippen LogP contribution < -0.4 is 0 Å². The van der Waals surface area contributed by atoms with E-state index < -0.39 is 12.0 Å². The Balaban J connectivity index is 2.38. The molecule has 0 aliphatic rings. The first-order valence-electron chi connectivity index (χ1n) is 5.88. The predicted octanol–water partition coefficient (Wildman–Crippen LogP) is 2.67. The number of carbonyl (C=O) groups is 1. The molecular formula is C13H14N2O3S. The lowest BCUT2D eigenvalue weighted by Crippen LogP contribution is -2.18. The molecule has 0 saturated carbocycles. The molecule has 100 valence electrons. The second kappa shape index (κ2) is 5.36. The van der Waals surface area contributed by atoms with Gasteiger partial charge in [-0.05, 0) is 31.5 Å². The van der Waals surface area contributed by atoms with Gasteiger partial charge >= 0.3 is 5.97 Å². The van der Waals surface area contributed by atoms with E-state index in [0.29, 0.717) is 17.1 Å². The van der Waals surface area contributed by atoms with Crippen molar-refractivity contribution < 1.29 is 15.0 Å². The van der Waals surface area contributed by atoms with Crippen molar-refractivity contribution in [2.45, 2.75) is 26.3 Å². The third-order valence-electron chi connectivity index (χ3n) is 2.70. The Labute approximate surface area is 114 Å². The summed E-state index contributed by atoms with van der Waals surface area (Å²) in [5.74, 6) is -0.741. The number of aliphatic carboxylic acids is 1. The summed E-state index contributed by atoms with van der Waals surface area (Å²) in [5.41, 5.74) is 1.38. The monoisotopic (exact) mass is 278 g/mol. The molecule has 1 aromatic heterocycles. The molecule has 2 rings (SSSR count). The molecule has 1 heterocycles. The molecule has 0 aliphatic heterocycles. The zero-order chi connectivity index (χ0) is 14.0. The van der Waals surface area contributed by atoms with Crippen LogP contribution >= 0.6 is 11.3 Å². The van der Waals surface area contributed by atoms with Crippen LogP contribution in [0.5, 0.6) is 5.75 Å². The highest BCUT2D eigenvalue weighted by molar-refractivity contribution is 7.20. The number of benzene rings is 1. The average molecular weight is 278 g/mol. The quantitative estimate of drug-likeness (QED) is 0.842. The van der Waals surface area contributed by atoms with Crippen molar-refractivity contribution in [3.05, 3.63) is 23.2 Å². The number of aromatic nitrogens is 1. The fraction of sp³-hybridized carbons (Fsp3) is 0.308. The topological polar surface area (TPSA) is 82.8 Å². The Morgan fingerprint density at radius 1 is 1.53 bits per heavy atom. The Kier molecular flexibility index (Phi) is 3.80. The summed E-state index contributed by atoms with van der Waals surface area (Å²) in [5, 5.41) is 19.1. The number of thiazole rings is 1. The first-order valence-corrected chi connectivity index (χ1v) is 6.70. The van der Waals surface area contributed by atoms with E-state index >= 15 is 0 Å². The van der Waals surface area contributed by atoms with Gasteiger partial charge in [0.2, 0.25) is 0 Å². The van der Waals surface area contributed by atoms with E-state index in [-0.39, 0.29) is 5.75 Å². The molecule has 2 aromatic rings. The van der Waals surface area contributed by atoms with Gasteiger partial charge in [-0.1, -0.05) is 6.92 Å². The number of hydrogen-bond acceptors (Lipinski definition) is 5. The Morgan fingerprint density at radius 3 is 2.89 bits per heavy atom. The van der Waals surface area contributed by atoms with Gasteiger partial charge in [0.05, 0.1) is 15.9 Å². The number of nitrogens with zero attached hydrogens (tertiary/aromatic N) is 2. The molecule has 1 aromatic carbocycles. The third kappa shape index (κ3) is 2.90. The number of carboxylic acids is 1. The summed E-state index contributed by atoms with van der Waals surface area (Å²) in [6.07, 6.45) is 0.443. The Hall–Kier alpha value is -1.95. The number of phenols is 1. The van der Waals surface area contributed by atoms with Crippen LogP contribution in [0.2, 0.25) is 0 Å². The SMILES string of the molecule is CCC(/N=C(\C)c1nc2ccc(O)cc2s1)C(=O)O. The van der Waals surface area contributed by atoms with E-state index in [1.54, 1.807) is 32.0 Å². The van der Waals surface area contributed by atoms with E-state index in [2.05, 4.69) is 9.98 Å². The highest BCUT2D eigenvalue weighted by atomic mass is 32.1. The van der Waals surface area contributed by atoms with Gasteiger partial charge < -0.3 is 10.2 Å². The van der Waals surface area contributed by atoms with Crippen LogP contribution in [-0.2, 0) is 4.79 Å². The van der Waals surface area contributed by atoms with Crippen LogP contribution in [0.25, 0.3) is 10.2 Å². The molecular weight excluding hydrogens is 264 g/mol. The summed E-state index contributed by atoms with van der Waals surface area (Å²) in [7, 11) is 0. The van der Waals surface area contributed by atoms with Crippen molar-refractivity contribution in [1.29, 1.82) is 0 Å². The number of aliphatic imine (C=N–C) groups is 1. The van der Waals surface area contributed by atoms with E-state index in [4.69, 9.17) is 5.11 Å². The summed E-state index contributed by atoms with van der Waals surface area (Å²) in [4.78, 5) is 19.5. The smallest absolute Gasteiger partial charge is 0.328 e. The summed E-state index contributed by atoms with van der Waals surface area (Å²) in [6, 6.07) is 4.20. The molecule has 0 saturated heterocycles. The zero-order valence-corrected chi connectivity index (χ0v) is 11.4. The molecule has 6 heteroatoms. The van der Waals surface area contributed by atoms with E-state index in [9.17, 15) is 9.90 Å². The fourth-order valence-electron chi connectivity index (χ4n) is 1.68. The lowest BCUT2D eigenvalue weighted by molar-refractivity contribution is -0.138. The maximum Gasteiger partial charge on any atom is 0.328 e. The zero-order valence-electron chi connectivity index (χ0n) is 10.6. The summed E-state index contributed by atoms with van der Waals surface area (Å²) in [6.45, 7) is 3.54. The first-order chi connectivity index (χ1) is 9.01. The minimum Gasteiger partial charge on any atom is -0.508 e. The summed E-state index contributed by atoms with van der Waals surface area (Å²) >= 11 is 1.39. The molecule has 2 N–H and O–H groups in total. The van der Waals surface area contributed by atoms with Crippen LogP contribution in [0.15, 0.2) is 23.2 Å². The number of phenolic OH excluding ortho intramolecular Hbond substituents is 1. The van der Waals surface area contributed by atoms with Crippen molar-refractivity contribution in [2.24, 2.45) is 4.99 Å². The largest absolute Gasteiger partial charge is 0.508 e. The molecule has 5 nitrogen and oxygen atoms in total. The Bertz CT molecular complexity index is 648. The number of fused-ring (bicyclic) bond motifs is 1. The third-order valence-corrected chi connectivity index (χ3v) is 3.83. The van der Waals surface area contributed by atoms with Gasteiger partial charge in [-0.25, -0.2) is 9.78 Å². The average Bonchev–Trinajstić information content (AvgIpc) is 2.78. The maximum absolute atomic E-state index is 11.0. The number of aromatic hydroxyl groups is 1. The molecule has 1 atom stereocenters. The normalized spacial score (nSPS) is 13.7. The van der Waals surface area contributed by atoms with Crippen molar-refractivity contribution in [3.63, 3.8) is 0 Å². The molecule has 1 unspecified atom stereocenters. The van der Waals surface area contributed by atoms with Gasteiger partial charge in [-0.3, -0.25) is 4.99 Å². The molecule has 19 heavy (non-hydrogen) atoms. The van der Waals surface area contributed by atoms with Crippen LogP contribution in [0.1, 0.15) is 25.3 Å². The first kappa shape index (κ1) is 13.5. The molecule has 0 radical (unpaired) electrons. The van der Waals surface area contributed by atoms with Gasteiger partial charge in [-0.2, -0.15) is 0 Å². The van der Waals surface area contributed by atoms with Crippen LogP contribution in [0, 0.1) is 0 Å². The van der Waals surface area contributed by atoms with Crippen molar-refractivity contribution in [3.8, 4) is 5.75 Å². The molecule has 0 aliphatic carbocycles. The van der Waals surface area contributed by atoms with Gasteiger partial charge in [0, 0.05) is 0 Å². The van der Waals surface area contributed by atoms with E-state index in [0.717, 1.165) is 10.2 Å². The number of hydrogen-bond donors (Lipinski definition) is 2. The van der Waals surface area contributed by atoms with Crippen LogP contribution in [0.3, 0.4) is 0 Å². The maximum atomic E-state index is 11.0. The minimum atomic E-state index is -0.930. The van der Waals surface area contributed by atoms with E-state index in [1.165, 1.54) is 11.3 Å². The Morgan fingerprint density at radius 2 is 2.26 bits per heavy atom. The highest BCUT2D eigenvalue weighted by Gasteiger charge is 2.15. The molecule has 0 fully saturated rings.